The summed E-state index contributed by atoms with van der Waals surface area (Å²) in [5.41, 5.74) is 6.16. The van der Waals surface area contributed by atoms with Crippen molar-refractivity contribution in [3.8, 4) is 0 Å². The topological polar surface area (TPSA) is 50.4 Å². The molecule has 0 radical (unpaired) electrons. The van der Waals surface area contributed by atoms with E-state index in [4.69, 9.17) is 5.73 Å². The molecule has 5 heteroatoms. The molecule has 1 aromatic rings. The van der Waals surface area contributed by atoms with Gasteiger partial charge < -0.3 is 11.1 Å². The minimum absolute atomic E-state index is 0.0301. The van der Waals surface area contributed by atoms with Crippen molar-refractivity contribution in [2.24, 2.45) is 22.1 Å². The number of benzene rings is 1. The number of rotatable bonds is 4. The number of halogens is 2. The van der Waals surface area contributed by atoms with Gasteiger partial charge in [-0.1, -0.05) is 12.8 Å². The van der Waals surface area contributed by atoms with E-state index in [0.29, 0.717) is 12.0 Å². The Bertz CT molecular complexity index is 548. The zero-order valence-electron chi connectivity index (χ0n) is 12.0. The third-order valence-corrected chi connectivity index (χ3v) is 5.08. The molecule has 2 fully saturated rings. The van der Waals surface area contributed by atoms with Crippen LogP contribution in [0.4, 0.5) is 14.5 Å². The van der Waals surface area contributed by atoms with Gasteiger partial charge in [0.15, 0.2) is 5.96 Å². The number of nitrogens with two attached hydrogens (primary N) is 1. The number of nitrogens with one attached hydrogen (secondary N) is 1. The number of hydrogen-bond donors (Lipinski definition) is 2. The number of hydrogen-bond acceptors (Lipinski definition) is 1. The van der Waals surface area contributed by atoms with Gasteiger partial charge in [-0.25, -0.2) is 8.78 Å². The summed E-state index contributed by atoms with van der Waals surface area (Å²) in [6, 6.07) is 3.24. The van der Waals surface area contributed by atoms with Crippen LogP contribution in [0.2, 0.25) is 0 Å². The molecule has 114 valence electrons. The van der Waals surface area contributed by atoms with Crippen LogP contribution in [0.15, 0.2) is 23.2 Å². The van der Waals surface area contributed by atoms with Gasteiger partial charge in [0.25, 0.3) is 0 Å². The number of guanidine groups is 1. The minimum Gasteiger partial charge on any atom is -0.370 e. The van der Waals surface area contributed by atoms with Gasteiger partial charge >= 0.3 is 0 Å². The maximum Gasteiger partial charge on any atom is 0.193 e. The molecule has 2 saturated carbocycles. The fraction of sp³-hybridized carbons (Fsp3) is 0.562. The Hall–Kier alpha value is -1.65. The number of anilines is 1. The zero-order valence-corrected chi connectivity index (χ0v) is 12.0. The molecule has 1 aromatic carbocycles. The molecule has 0 bridgehead atoms. The predicted octanol–water partition coefficient (Wildman–Crippen LogP) is 3.66. The molecule has 0 aliphatic heterocycles. The fourth-order valence-electron chi connectivity index (χ4n) is 3.36. The summed E-state index contributed by atoms with van der Waals surface area (Å²) in [4.78, 5) is 4.38. The van der Waals surface area contributed by atoms with Gasteiger partial charge in [0.2, 0.25) is 0 Å². The van der Waals surface area contributed by atoms with Crippen molar-refractivity contribution in [1.29, 1.82) is 0 Å². The number of aliphatic imine (C=N–C) groups is 1. The van der Waals surface area contributed by atoms with Gasteiger partial charge in [-0.05, 0) is 49.1 Å². The van der Waals surface area contributed by atoms with Crippen molar-refractivity contribution < 1.29 is 8.78 Å². The lowest BCUT2D eigenvalue weighted by Gasteiger charge is -2.51. The highest BCUT2D eigenvalue weighted by atomic mass is 19.1. The first-order chi connectivity index (χ1) is 10.1. The average molecular weight is 293 g/mol. The molecule has 0 atom stereocenters. The Morgan fingerprint density at radius 1 is 1.29 bits per heavy atom. The second-order valence-corrected chi connectivity index (χ2v) is 6.29. The van der Waals surface area contributed by atoms with Crippen molar-refractivity contribution >= 4 is 11.6 Å². The quantitative estimate of drug-likeness (QED) is 0.657. The summed E-state index contributed by atoms with van der Waals surface area (Å²) in [6.07, 6.45) is 7.59. The Labute approximate surface area is 123 Å². The summed E-state index contributed by atoms with van der Waals surface area (Å²) in [5.74, 6) is -0.109. The number of nitrogens with zero attached hydrogens (tertiary/aromatic N) is 1. The van der Waals surface area contributed by atoms with Crippen LogP contribution in [0.3, 0.4) is 0 Å². The van der Waals surface area contributed by atoms with Gasteiger partial charge in [-0.3, -0.25) is 4.99 Å². The van der Waals surface area contributed by atoms with E-state index in [0.717, 1.165) is 24.1 Å². The summed E-state index contributed by atoms with van der Waals surface area (Å²) >= 11 is 0. The third kappa shape index (κ3) is 2.87. The fourth-order valence-corrected chi connectivity index (χ4v) is 3.36. The summed E-state index contributed by atoms with van der Waals surface area (Å²) in [5, 5.41) is 2.66. The predicted molar refractivity (Wildman–Crippen MR) is 80.1 cm³/mol. The first-order valence-corrected chi connectivity index (χ1v) is 7.61. The Morgan fingerprint density at radius 2 is 2.05 bits per heavy atom. The largest absolute Gasteiger partial charge is 0.370 e. The van der Waals surface area contributed by atoms with Crippen LogP contribution in [0.5, 0.6) is 0 Å². The molecular weight excluding hydrogens is 272 g/mol. The molecule has 0 amide bonds. The highest BCUT2D eigenvalue weighted by Crippen LogP contribution is 2.54. The van der Waals surface area contributed by atoms with Crippen molar-refractivity contribution in [1.82, 2.24) is 0 Å². The van der Waals surface area contributed by atoms with Gasteiger partial charge in [0, 0.05) is 12.6 Å². The highest BCUT2D eigenvalue weighted by molar-refractivity contribution is 5.92. The zero-order chi connectivity index (χ0) is 14.9. The second-order valence-electron chi connectivity index (χ2n) is 6.29. The van der Waals surface area contributed by atoms with Crippen LogP contribution in [0, 0.1) is 23.0 Å². The lowest BCUT2D eigenvalue weighted by molar-refractivity contribution is 0.0116. The van der Waals surface area contributed by atoms with Crippen molar-refractivity contribution in [2.75, 3.05) is 11.9 Å². The Balaban J connectivity index is 1.64. The normalized spacial score (nSPS) is 21.5. The Morgan fingerprint density at radius 3 is 2.62 bits per heavy atom. The first kappa shape index (κ1) is 14.3. The van der Waals surface area contributed by atoms with E-state index < -0.39 is 11.6 Å². The molecular formula is C16H21F2N3. The first-order valence-electron chi connectivity index (χ1n) is 7.61. The third-order valence-electron chi connectivity index (χ3n) is 5.08. The summed E-state index contributed by atoms with van der Waals surface area (Å²) < 4.78 is 26.6. The molecule has 2 aliphatic rings. The molecule has 3 nitrogen and oxygen atoms in total. The van der Waals surface area contributed by atoms with E-state index in [-0.39, 0.29) is 11.6 Å². The second kappa shape index (κ2) is 5.62. The molecule has 0 spiro atoms. The van der Waals surface area contributed by atoms with Crippen LogP contribution < -0.4 is 11.1 Å². The molecule has 21 heavy (non-hydrogen) atoms. The molecule has 2 aliphatic carbocycles. The van der Waals surface area contributed by atoms with Crippen LogP contribution >= 0.6 is 0 Å². The van der Waals surface area contributed by atoms with E-state index in [1.54, 1.807) is 0 Å². The van der Waals surface area contributed by atoms with Crippen LogP contribution in [-0.2, 0) is 0 Å². The molecule has 0 unspecified atom stereocenters. The van der Waals surface area contributed by atoms with Crippen molar-refractivity contribution in [3.63, 3.8) is 0 Å². The van der Waals surface area contributed by atoms with Crippen LogP contribution in [-0.4, -0.2) is 12.5 Å². The van der Waals surface area contributed by atoms with Gasteiger partial charge in [-0.2, -0.15) is 0 Å². The molecule has 3 N–H and O–H groups in total. The maximum absolute atomic E-state index is 13.5. The molecule has 3 rings (SSSR count). The molecule has 0 saturated heterocycles. The standard InChI is InChI=1S/C16H21F2N3/c17-12-5-6-13(18)14(9-12)21-15(19)20-10-16(7-2-8-16)11-3-1-4-11/h5-6,9,11H,1-4,7-8,10H2,(H3,19,20,21). The average Bonchev–Trinajstić information content (AvgIpc) is 2.34. The smallest absolute Gasteiger partial charge is 0.193 e. The minimum atomic E-state index is -0.535. The SMILES string of the molecule is NC(=NCC1(C2CCC2)CCC1)Nc1cc(F)ccc1F. The van der Waals surface area contributed by atoms with E-state index >= 15 is 0 Å². The lowest BCUT2D eigenvalue weighted by Crippen LogP contribution is -2.44. The van der Waals surface area contributed by atoms with Crippen LogP contribution in [0.1, 0.15) is 38.5 Å². The summed E-state index contributed by atoms with van der Waals surface area (Å²) in [7, 11) is 0. The van der Waals surface area contributed by atoms with E-state index in [1.165, 1.54) is 38.5 Å². The van der Waals surface area contributed by atoms with Crippen molar-refractivity contribution in [2.45, 2.75) is 38.5 Å². The monoisotopic (exact) mass is 293 g/mol. The van der Waals surface area contributed by atoms with Gasteiger partial charge in [0.05, 0.1) is 5.69 Å². The lowest BCUT2D eigenvalue weighted by atomic mass is 9.55. The highest BCUT2D eigenvalue weighted by Gasteiger charge is 2.45. The molecule has 0 aromatic heterocycles. The summed E-state index contributed by atoms with van der Waals surface area (Å²) in [6.45, 7) is 0.688. The van der Waals surface area contributed by atoms with Crippen LogP contribution in [0.25, 0.3) is 0 Å². The Kier molecular flexibility index (Phi) is 3.83. The van der Waals surface area contributed by atoms with Gasteiger partial charge in [0.1, 0.15) is 11.6 Å². The van der Waals surface area contributed by atoms with Crippen molar-refractivity contribution in [3.05, 3.63) is 29.8 Å². The van der Waals surface area contributed by atoms with Gasteiger partial charge in [-0.15, -0.1) is 0 Å². The van der Waals surface area contributed by atoms with E-state index in [2.05, 4.69) is 10.3 Å². The van der Waals surface area contributed by atoms with E-state index in [1.807, 2.05) is 0 Å². The van der Waals surface area contributed by atoms with E-state index in [9.17, 15) is 8.78 Å². The maximum atomic E-state index is 13.5. The molecule has 0 heterocycles.